The summed E-state index contributed by atoms with van der Waals surface area (Å²) < 4.78 is 10.9. The lowest BCUT2D eigenvalue weighted by Gasteiger charge is -2.43. The van der Waals surface area contributed by atoms with Gasteiger partial charge in [0.05, 0.1) is 36.2 Å². The molecule has 0 radical (unpaired) electrons. The number of hydrogen-bond acceptors (Lipinski definition) is 8. The molecule has 0 aromatic carbocycles. The Balaban J connectivity index is 1.64. The zero-order valence-electron chi connectivity index (χ0n) is 20.3. The van der Waals surface area contributed by atoms with Crippen molar-refractivity contribution in [1.29, 1.82) is 0 Å². The van der Waals surface area contributed by atoms with Gasteiger partial charge in [-0.1, -0.05) is 18.5 Å². The van der Waals surface area contributed by atoms with Crippen LogP contribution >= 0.6 is 11.6 Å². The number of anilines is 1. The maximum atomic E-state index is 13.3. The van der Waals surface area contributed by atoms with Crippen LogP contribution in [0.1, 0.15) is 43.0 Å². The number of hydrogen-bond donors (Lipinski definition) is 3. The molecule has 0 spiro atoms. The van der Waals surface area contributed by atoms with Crippen LogP contribution in [0, 0.1) is 5.92 Å². The lowest BCUT2D eigenvalue weighted by molar-refractivity contribution is -0.148. The Labute approximate surface area is 209 Å². The second-order valence-corrected chi connectivity index (χ2v) is 9.32. The van der Waals surface area contributed by atoms with Crippen LogP contribution in [0.3, 0.4) is 0 Å². The van der Waals surface area contributed by atoms with Crippen molar-refractivity contribution < 1.29 is 29.0 Å². The van der Waals surface area contributed by atoms with E-state index in [9.17, 15) is 19.5 Å². The van der Waals surface area contributed by atoms with E-state index in [1.54, 1.807) is 12.0 Å². The average Bonchev–Trinajstić information content (AvgIpc) is 2.86. The van der Waals surface area contributed by atoms with Crippen LogP contribution in [0.25, 0.3) is 0 Å². The second-order valence-electron chi connectivity index (χ2n) is 8.91. The second kappa shape index (κ2) is 11.9. The third-order valence-corrected chi connectivity index (χ3v) is 7.19. The Morgan fingerprint density at radius 3 is 2.51 bits per heavy atom. The monoisotopic (exact) mass is 511 g/mol. The summed E-state index contributed by atoms with van der Waals surface area (Å²) in [6, 6.07) is 0.809. The van der Waals surface area contributed by atoms with E-state index in [-0.39, 0.29) is 52.3 Å². The van der Waals surface area contributed by atoms with Gasteiger partial charge in [0.25, 0.3) is 5.91 Å². The van der Waals surface area contributed by atoms with Crippen molar-refractivity contribution in [2.24, 2.45) is 5.92 Å². The molecule has 2 amide bonds. The maximum absolute atomic E-state index is 13.3. The van der Waals surface area contributed by atoms with Crippen LogP contribution in [-0.2, 0) is 14.3 Å². The van der Waals surface area contributed by atoms with Gasteiger partial charge in [0, 0.05) is 33.3 Å². The first-order valence-electron chi connectivity index (χ1n) is 11.8. The van der Waals surface area contributed by atoms with Gasteiger partial charge in [-0.25, -0.2) is 0 Å². The molecular formula is C23H34ClN5O6. The number of aliphatic carboxylic acids is 1. The molecule has 1 unspecified atom stereocenters. The SMILES string of the molecule is CCC(C(=O)N1CCC(C(=O)O)CC1)N1CC[C@@H](NC(=O)c2cc(Cl)c(N)nc2OC)[C@@H](OC)C1. The van der Waals surface area contributed by atoms with Crippen molar-refractivity contribution in [2.45, 2.75) is 50.8 Å². The molecule has 194 valence electrons. The molecule has 1 aromatic rings. The average molecular weight is 512 g/mol. The van der Waals surface area contributed by atoms with Gasteiger partial charge in [-0.2, -0.15) is 4.98 Å². The first-order chi connectivity index (χ1) is 16.7. The summed E-state index contributed by atoms with van der Waals surface area (Å²) >= 11 is 6.05. The molecule has 0 aliphatic carbocycles. The minimum absolute atomic E-state index is 0.0148. The fourth-order valence-electron chi connectivity index (χ4n) is 4.82. The lowest BCUT2D eigenvalue weighted by Crippen LogP contribution is -2.60. The van der Waals surface area contributed by atoms with E-state index < -0.39 is 11.9 Å². The van der Waals surface area contributed by atoms with Gasteiger partial charge in [-0.15, -0.1) is 0 Å². The van der Waals surface area contributed by atoms with Gasteiger partial charge in [0.1, 0.15) is 11.4 Å². The summed E-state index contributed by atoms with van der Waals surface area (Å²) in [6.07, 6.45) is 1.81. The predicted molar refractivity (Wildman–Crippen MR) is 129 cm³/mol. The summed E-state index contributed by atoms with van der Waals surface area (Å²) in [5.41, 5.74) is 5.89. The number of ether oxygens (including phenoxy) is 2. The highest BCUT2D eigenvalue weighted by Crippen LogP contribution is 2.26. The van der Waals surface area contributed by atoms with E-state index in [0.717, 1.165) is 0 Å². The van der Waals surface area contributed by atoms with Crippen molar-refractivity contribution in [3.63, 3.8) is 0 Å². The number of carbonyl (C=O) groups excluding carboxylic acids is 2. The van der Waals surface area contributed by atoms with E-state index in [4.69, 9.17) is 26.8 Å². The van der Waals surface area contributed by atoms with E-state index in [0.29, 0.717) is 51.9 Å². The van der Waals surface area contributed by atoms with Crippen molar-refractivity contribution in [1.82, 2.24) is 20.1 Å². The fraction of sp³-hybridized carbons (Fsp3) is 0.652. The number of carboxylic acids is 1. The zero-order valence-corrected chi connectivity index (χ0v) is 21.1. The molecule has 3 atom stereocenters. The van der Waals surface area contributed by atoms with E-state index in [1.807, 2.05) is 6.92 Å². The summed E-state index contributed by atoms with van der Waals surface area (Å²) in [4.78, 5) is 45.3. The minimum Gasteiger partial charge on any atom is -0.481 e. The van der Waals surface area contributed by atoms with Crippen LogP contribution in [-0.4, -0.2) is 96.3 Å². The smallest absolute Gasteiger partial charge is 0.306 e. The Kier molecular flexibility index (Phi) is 9.15. The number of piperidine rings is 2. The number of pyridine rings is 1. The molecule has 2 aliphatic rings. The van der Waals surface area contributed by atoms with E-state index in [1.165, 1.54) is 13.2 Å². The molecule has 0 bridgehead atoms. The number of nitrogens with zero attached hydrogens (tertiary/aromatic N) is 3. The largest absolute Gasteiger partial charge is 0.481 e. The molecule has 3 heterocycles. The van der Waals surface area contributed by atoms with Crippen LogP contribution < -0.4 is 15.8 Å². The van der Waals surface area contributed by atoms with Gasteiger partial charge in [-0.3, -0.25) is 19.3 Å². The highest BCUT2D eigenvalue weighted by Gasteiger charge is 2.38. The lowest BCUT2D eigenvalue weighted by atomic mass is 9.95. The number of rotatable bonds is 8. The molecule has 2 saturated heterocycles. The number of carboxylic acid groups (broad SMARTS) is 1. The number of nitrogens with one attached hydrogen (secondary N) is 1. The Hall–Kier alpha value is -2.63. The molecular weight excluding hydrogens is 478 g/mol. The standard InChI is InChI=1S/C23H34ClN5O6/c1-4-17(22(31)28-8-5-13(6-9-28)23(32)33)29-10-7-16(18(12-29)34-2)26-20(30)14-11-15(24)19(25)27-21(14)35-3/h11,13,16-18H,4-10,12H2,1-3H3,(H2,25,27)(H,26,30)(H,32,33)/t16-,17?,18+/m1/s1. The van der Waals surface area contributed by atoms with Crippen molar-refractivity contribution in [3.8, 4) is 5.88 Å². The van der Waals surface area contributed by atoms with Gasteiger partial charge >= 0.3 is 5.97 Å². The van der Waals surface area contributed by atoms with E-state index in [2.05, 4.69) is 15.2 Å². The number of carbonyl (C=O) groups is 3. The zero-order chi connectivity index (χ0) is 25.7. The summed E-state index contributed by atoms with van der Waals surface area (Å²) in [5, 5.41) is 12.4. The van der Waals surface area contributed by atoms with Crippen LogP contribution in [0.5, 0.6) is 5.88 Å². The van der Waals surface area contributed by atoms with Gasteiger partial charge in [0.15, 0.2) is 0 Å². The highest BCUT2D eigenvalue weighted by molar-refractivity contribution is 6.33. The third-order valence-electron chi connectivity index (χ3n) is 6.88. The molecule has 35 heavy (non-hydrogen) atoms. The van der Waals surface area contributed by atoms with E-state index >= 15 is 0 Å². The van der Waals surface area contributed by atoms with Crippen molar-refractivity contribution in [3.05, 3.63) is 16.7 Å². The predicted octanol–water partition coefficient (Wildman–Crippen LogP) is 1.25. The quantitative estimate of drug-likeness (QED) is 0.469. The van der Waals surface area contributed by atoms with Gasteiger partial charge < -0.3 is 30.5 Å². The molecule has 11 nitrogen and oxygen atoms in total. The first-order valence-corrected chi connectivity index (χ1v) is 12.2. The van der Waals surface area contributed by atoms with Gasteiger partial charge in [-0.05, 0) is 31.7 Å². The van der Waals surface area contributed by atoms with Crippen LogP contribution in [0.4, 0.5) is 5.82 Å². The number of methoxy groups -OCH3 is 2. The number of nitrogen functional groups attached to an aromatic ring is 1. The first kappa shape index (κ1) is 27.0. The van der Waals surface area contributed by atoms with Gasteiger partial charge in [0.2, 0.25) is 11.8 Å². The molecule has 2 fully saturated rings. The van der Waals surface area contributed by atoms with Crippen molar-refractivity contribution >= 4 is 35.2 Å². The summed E-state index contributed by atoms with van der Waals surface area (Å²) in [7, 11) is 2.98. The Morgan fingerprint density at radius 2 is 1.94 bits per heavy atom. The number of amides is 2. The van der Waals surface area contributed by atoms with Crippen molar-refractivity contribution in [2.75, 3.05) is 46.1 Å². The molecule has 4 N–H and O–H groups in total. The number of aromatic nitrogens is 1. The maximum Gasteiger partial charge on any atom is 0.306 e. The highest BCUT2D eigenvalue weighted by atomic mass is 35.5. The topological polar surface area (TPSA) is 147 Å². The summed E-state index contributed by atoms with van der Waals surface area (Å²) in [5.74, 6) is -1.42. The number of likely N-dealkylation sites (tertiary alicyclic amines) is 2. The molecule has 1 aromatic heterocycles. The molecule has 3 rings (SSSR count). The third kappa shape index (κ3) is 6.14. The molecule has 0 saturated carbocycles. The summed E-state index contributed by atoms with van der Waals surface area (Å²) in [6.45, 7) is 3.93. The minimum atomic E-state index is -0.800. The van der Waals surface area contributed by atoms with Crippen LogP contribution in [0.2, 0.25) is 5.02 Å². The number of nitrogens with two attached hydrogens (primary N) is 1. The Bertz CT molecular complexity index is 939. The molecule has 2 aliphatic heterocycles. The Morgan fingerprint density at radius 1 is 1.26 bits per heavy atom. The molecule has 12 heteroatoms. The number of halogens is 1. The fourth-order valence-corrected chi connectivity index (χ4v) is 4.98. The normalized spacial score (nSPS) is 22.5. The van der Waals surface area contributed by atoms with Crippen LogP contribution in [0.15, 0.2) is 6.07 Å².